The molecule has 1 aliphatic carbocycles. The first kappa shape index (κ1) is 16.8. The lowest BCUT2D eigenvalue weighted by Crippen LogP contribution is -2.49. The van der Waals surface area contributed by atoms with Crippen LogP contribution in [-0.2, 0) is 14.4 Å². The monoisotopic (exact) mass is 310 g/mol. The number of hydrogen-bond acceptors (Lipinski definition) is 3. The second-order valence-corrected chi connectivity index (χ2v) is 6.93. The number of amides is 2. The van der Waals surface area contributed by atoms with Crippen LogP contribution in [0, 0.1) is 11.3 Å². The van der Waals surface area contributed by atoms with E-state index in [1.165, 1.54) is 0 Å². The minimum Gasteiger partial charge on any atom is -0.481 e. The Morgan fingerprint density at radius 2 is 1.82 bits per heavy atom. The molecular weight excluding hydrogens is 284 g/mol. The molecule has 2 aliphatic rings. The summed E-state index contributed by atoms with van der Waals surface area (Å²) >= 11 is 0. The Hall–Kier alpha value is -1.59. The minimum absolute atomic E-state index is 0.0336. The molecule has 1 saturated carbocycles. The fourth-order valence-electron chi connectivity index (χ4n) is 3.11. The number of hydrogen-bond donors (Lipinski definition) is 2. The molecule has 2 rings (SSSR count). The molecule has 0 aromatic carbocycles. The number of nitrogens with zero attached hydrogens (tertiary/aromatic N) is 1. The van der Waals surface area contributed by atoms with Crippen LogP contribution in [0.1, 0.15) is 52.4 Å². The van der Waals surface area contributed by atoms with Crippen molar-refractivity contribution < 1.29 is 19.5 Å². The van der Waals surface area contributed by atoms with Crippen molar-refractivity contribution in [2.75, 3.05) is 13.1 Å². The third-order valence-corrected chi connectivity index (χ3v) is 4.97. The zero-order chi connectivity index (χ0) is 16.3. The van der Waals surface area contributed by atoms with Crippen molar-refractivity contribution in [3.63, 3.8) is 0 Å². The molecule has 0 spiro atoms. The molecule has 22 heavy (non-hydrogen) atoms. The molecule has 0 bridgehead atoms. The van der Waals surface area contributed by atoms with Crippen LogP contribution in [0.25, 0.3) is 0 Å². The first-order chi connectivity index (χ1) is 10.3. The number of likely N-dealkylation sites (tertiary alicyclic amines) is 1. The molecule has 124 valence electrons. The average molecular weight is 310 g/mol. The predicted molar refractivity (Wildman–Crippen MR) is 81.1 cm³/mol. The van der Waals surface area contributed by atoms with Crippen LogP contribution >= 0.6 is 0 Å². The Morgan fingerprint density at radius 1 is 1.23 bits per heavy atom. The lowest BCUT2D eigenvalue weighted by atomic mass is 9.66. The molecule has 2 amide bonds. The number of carboxylic acid groups (broad SMARTS) is 1. The molecule has 1 saturated heterocycles. The van der Waals surface area contributed by atoms with Crippen molar-refractivity contribution in [1.29, 1.82) is 0 Å². The maximum atomic E-state index is 12.3. The summed E-state index contributed by atoms with van der Waals surface area (Å²) in [7, 11) is 0. The molecule has 1 heterocycles. The minimum atomic E-state index is -0.841. The van der Waals surface area contributed by atoms with Crippen molar-refractivity contribution in [3.05, 3.63) is 0 Å². The summed E-state index contributed by atoms with van der Waals surface area (Å²) in [4.78, 5) is 37.1. The maximum Gasteiger partial charge on any atom is 0.310 e. The van der Waals surface area contributed by atoms with E-state index in [9.17, 15) is 19.5 Å². The lowest BCUT2D eigenvalue weighted by molar-refractivity contribution is -0.159. The molecule has 0 aromatic heterocycles. The highest BCUT2D eigenvalue weighted by molar-refractivity contribution is 5.85. The highest BCUT2D eigenvalue weighted by Crippen LogP contribution is 2.44. The van der Waals surface area contributed by atoms with Gasteiger partial charge in [-0.25, -0.2) is 0 Å². The fraction of sp³-hybridized carbons (Fsp3) is 0.812. The average Bonchev–Trinajstić information content (AvgIpc) is 2.42. The van der Waals surface area contributed by atoms with E-state index in [1.54, 1.807) is 4.90 Å². The van der Waals surface area contributed by atoms with Gasteiger partial charge in [0.15, 0.2) is 0 Å². The van der Waals surface area contributed by atoms with Crippen LogP contribution in [0.2, 0.25) is 0 Å². The van der Waals surface area contributed by atoms with E-state index in [4.69, 9.17) is 0 Å². The van der Waals surface area contributed by atoms with Gasteiger partial charge in [0, 0.05) is 31.5 Å². The molecule has 0 unspecified atom stereocenters. The van der Waals surface area contributed by atoms with Crippen molar-refractivity contribution in [2.45, 2.75) is 58.4 Å². The van der Waals surface area contributed by atoms with E-state index in [0.717, 1.165) is 19.3 Å². The van der Waals surface area contributed by atoms with Gasteiger partial charge in [-0.3, -0.25) is 14.4 Å². The second kappa shape index (κ2) is 6.67. The van der Waals surface area contributed by atoms with Gasteiger partial charge in [-0.05, 0) is 25.7 Å². The first-order valence-electron chi connectivity index (χ1n) is 8.15. The third kappa shape index (κ3) is 3.59. The van der Waals surface area contributed by atoms with E-state index in [1.807, 2.05) is 13.8 Å². The first-order valence-corrected chi connectivity index (χ1v) is 8.15. The summed E-state index contributed by atoms with van der Waals surface area (Å²) in [6, 6.07) is 0.121. The summed E-state index contributed by atoms with van der Waals surface area (Å²) in [6.45, 7) is 4.91. The number of carbonyl (C=O) groups excluding carboxylic acids is 2. The van der Waals surface area contributed by atoms with E-state index in [2.05, 4.69) is 5.32 Å². The van der Waals surface area contributed by atoms with Crippen LogP contribution in [0.3, 0.4) is 0 Å². The normalized spacial score (nSPS) is 21.3. The number of nitrogens with one attached hydrogen (secondary N) is 1. The van der Waals surface area contributed by atoms with E-state index < -0.39 is 11.4 Å². The molecule has 1 aliphatic heterocycles. The molecule has 0 atom stereocenters. The predicted octanol–water partition coefficient (Wildman–Crippen LogP) is 1.39. The smallest absolute Gasteiger partial charge is 0.310 e. The van der Waals surface area contributed by atoms with Gasteiger partial charge >= 0.3 is 5.97 Å². The van der Waals surface area contributed by atoms with Gasteiger partial charge in [0.1, 0.15) is 0 Å². The van der Waals surface area contributed by atoms with Gasteiger partial charge in [-0.15, -0.1) is 0 Å². The Morgan fingerprint density at radius 3 is 2.23 bits per heavy atom. The molecule has 6 nitrogen and oxygen atoms in total. The summed E-state index contributed by atoms with van der Waals surface area (Å²) in [5.41, 5.74) is -0.820. The number of piperidine rings is 1. The Labute approximate surface area is 131 Å². The van der Waals surface area contributed by atoms with Crippen molar-refractivity contribution in [1.82, 2.24) is 10.2 Å². The molecular formula is C16H26N2O4. The highest BCUT2D eigenvalue weighted by Gasteiger charge is 2.46. The standard InChI is InChI=1S/C16H26N2O4/c1-11(2)14(20)17-12-4-8-18(9-5-12)13(19)10-16(15(21)22)6-3-7-16/h11-12H,3-10H2,1-2H3,(H,17,20)(H,21,22). The zero-order valence-electron chi connectivity index (χ0n) is 13.4. The molecule has 0 aromatic rings. The molecule has 2 fully saturated rings. The van der Waals surface area contributed by atoms with Crippen LogP contribution in [0.4, 0.5) is 0 Å². The zero-order valence-corrected chi connectivity index (χ0v) is 13.4. The molecule has 6 heteroatoms. The largest absolute Gasteiger partial charge is 0.481 e. The summed E-state index contributed by atoms with van der Waals surface area (Å²) < 4.78 is 0. The number of rotatable bonds is 5. The van der Waals surface area contributed by atoms with Crippen molar-refractivity contribution in [3.8, 4) is 0 Å². The lowest BCUT2D eigenvalue weighted by Gasteiger charge is -2.40. The van der Waals surface area contributed by atoms with E-state index in [-0.39, 0.29) is 30.2 Å². The number of carboxylic acids is 1. The Kier molecular flexibility index (Phi) is 5.08. The Balaban J connectivity index is 1.80. The summed E-state index contributed by atoms with van der Waals surface area (Å²) in [6.07, 6.45) is 3.70. The van der Waals surface area contributed by atoms with Gasteiger partial charge in [-0.2, -0.15) is 0 Å². The van der Waals surface area contributed by atoms with Crippen LogP contribution < -0.4 is 5.32 Å². The van der Waals surface area contributed by atoms with Crippen LogP contribution in [0.5, 0.6) is 0 Å². The SMILES string of the molecule is CC(C)C(=O)NC1CCN(C(=O)CC2(C(=O)O)CCC2)CC1. The van der Waals surface area contributed by atoms with E-state index in [0.29, 0.717) is 25.9 Å². The fourth-order valence-corrected chi connectivity index (χ4v) is 3.11. The van der Waals surface area contributed by atoms with Gasteiger partial charge in [-0.1, -0.05) is 20.3 Å². The van der Waals surface area contributed by atoms with Gasteiger partial charge < -0.3 is 15.3 Å². The summed E-state index contributed by atoms with van der Waals surface area (Å²) in [5.74, 6) is -0.889. The van der Waals surface area contributed by atoms with E-state index >= 15 is 0 Å². The van der Waals surface area contributed by atoms with Gasteiger partial charge in [0.25, 0.3) is 0 Å². The highest BCUT2D eigenvalue weighted by atomic mass is 16.4. The molecule has 0 radical (unpaired) electrons. The topological polar surface area (TPSA) is 86.7 Å². The number of aliphatic carboxylic acids is 1. The van der Waals surface area contributed by atoms with Gasteiger partial charge in [0.05, 0.1) is 5.41 Å². The summed E-state index contributed by atoms with van der Waals surface area (Å²) in [5, 5.41) is 12.3. The van der Waals surface area contributed by atoms with Crippen molar-refractivity contribution >= 4 is 17.8 Å². The van der Waals surface area contributed by atoms with Crippen LogP contribution in [0.15, 0.2) is 0 Å². The third-order valence-electron chi connectivity index (χ3n) is 4.97. The Bertz CT molecular complexity index is 449. The maximum absolute atomic E-state index is 12.3. The van der Waals surface area contributed by atoms with Gasteiger partial charge in [0.2, 0.25) is 11.8 Å². The van der Waals surface area contributed by atoms with Crippen molar-refractivity contribution in [2.24, 2.45) is 11.3 Å². The quantitative estimate of drug-likeness (QED) is 0.803. The van der Waals surface area contributed by atoms with Crippen LogP contribution in [-0.4, -0.2) is 46.9 Å². The second-order valence-electron chi connectivity index (χ2n) is 6.93. The number of carbonyl (C=O) groups is 3. The molecule has 2 N–H and O–H groups in total.